The highest BCUT2D eigenvalue weighted by Gasteiger charge is 2.27. The number of hydrogen-bond donors (Lipinski definition) is 1. The molecule has 0 saturated carbocycles. The number of rotatable bonds is 7. The summed E-state index contributed by atoms with van der Waals surface area (Å²) in [4.78, 5) is 2.24. The molecule has 1 aliphatic heterocycles. The van der Waals surface area contributed by atoms with Gasteiger partial charge in [-0.1, -0.05) is 48.5 Å². The molecule has 2 aromatic carbocycles. The Bertz CT molecular complexity index is 671. The van der Waals surface area contributed by atoms with E-state index in [9.17, 15) is 5.11 Å². The maximum Gasteiger partial charge on any atom is 0.125 e. The number of aliphatic hydroxyl groups excluding tert-OH is 1. The van der Waals surface area contributed by atoms with Gasteiger partial charge >= 0.3 is 0 Å². The molecule has 0 aliphatic carbocycles. The molecule has 0 amide bonds. The normalized spacial score (nSPS) is 20.8. The lowest BCUT2D eigenvalue weighted by Gasteiger charge is -2.20. The fourth-order valence-electron chi connectivity index (χ4n) is 3.73. The van der Waals surface area contributed by atoms with Crippen molar-refractivity contribution in [3.8, 4) is 5.75 Å². The van der Waals surface area contributed by atoms with Crippen molar-refractivity contribution >= 4 is 0 Å². The zero-order valence-corrected chi connectivity index (χ0v) is 15.3. The van der Waals surface area contributed by atoms with Crippen molar-refractivity contribution in [2.45, 2.75) is 44.8 Å². The van der Waals surface area contributed by atoms with Crippen LogP contribution in [0.2, 0.25) is 0 Å². The molecule has 25 heavy (non-hydrogen) atoms. The molecule has 0 unspecified atom stereocenters. The number of β-amino-alcohol motifs (C(OH)–C–C–N with tert-alkyl or cyclic N) is 1. The molecule has 0 aromatic heterocycles. The van der Waals surface area contributed by atoms with E-state index in [1.54, 1.807) is 0 Å². The number of aliphatic hydroxyl groups is 1. The molecule has 2 atom stereocenters. The second-order valence-corrected chi connectivity index (χ2v) is 7.17. The van der Waals surface area contributed by atoms with E-state index < -0.39 is 0 Å². The van der Waals surface area contributed by atoms with Gasteiger partial charge in [0.15, 0.2) is 0 Å². The number of nitrogens with zero attached hydrogens (tertiary/aromatic N) is 1. The minimum absolute atomic E-state index is 0.185. The average molecular weight is 339 g/mol. The van der Waals surface area contributed by atoms with Crippen LogP contribution in [0.1, 0.15) is 29.5 Å². The van der Waals surface area contributed by atoms with Crippen LogP contribution in [0.5, 0.6) is 5.75 Å². The molecular formula is C22H29NO2. The van der Waals surface area contributed by atoms with Gasteiger partial charge < -0.3 is 14.7 Å². The number of hydrogen-bond acceptors (Lipinski definition) is 3. The first-order chi connectivity index (χ1) is 12.1. The number of likely N-dealkylation sites (tertiary alicyclic amines) is 1. The number of benzene rings is 2. The number of para-hydroxylation sites is 1. The van der Waals surface area contributed by atoms with E-state index in [0.29, 0.717) is 12.6 Å². The topological polar surface area (TPSA) is 32.7 Å². The Kier molecular flexibility index (Phi) is 6.11. The molecular weight excluding hydrogens is 310 g/mol. The summed E-state index contributed by atoms with van der Waals surface area (Å²) in [5, 5.41) is 9.77. The molecule has 2 aromatic rings. The number of likely N-dealkylation sites (N-methyl/N-ethyl adjacent to an activating group) is 1. The minimum atomic E-state index is -0.185. The maximum absolute atomic E-state index is 9.77. The van der Waals surface area contributed by atoms with Gasteiger partial charge in [0, 0.05) is 12.6 Å². The van der Waals surface area contributed by atoms with Crippen molar-refractivity contribution in [2.24, 2.45) is 0 Å². The third-order valence-electron chi connectivity index (χ3n) is 5.18. The van der Waals surface area contributed by atoms with Crippen LogP contribution in [0.3, 0.4) is 0 Å². The Hall–Kier alpha value is -1.84. The van der Waals surface area contributed by atoms with E-state index in [4.69, 9.17) is 4.74 Å². The summed E-state index contributed by atoms with van der Waals surface area (Å²) in [7, 11) is 2.08. The first kappa shape index (κ1) is 18.0. The lowest BCUT2D eigenvalue weighted by Crippen LogP contribution is -2.26. The number of aryl methyl sites for hydroxylation is 3. The second kappa shape index (κ2) is 8.50. The summed E-state index contributed by atoms with van der Waals surface area (Å²) in [6.45, 7) is 3.59. The zero-order chi connectivity index (χ0) is 17.6. The summed E-state index contributed by atoms with van der Waals surface area (Å²) in [5.74, 6) is 1.04. The van der Waals surface area contributed by atoms with Gasteiger partial charge in [-0.3, -0.25) is 0 Å². The van der Waals surface area contributed by atoms with Crippen LogP contribution < -0.4 is 4.74 Å². The number of ether oxygens (including phenoxy) is 1. The molecule has 3 rings (SSSR count). The molecule has 3 nitrogen and oxygen atoms in total. The molecule has 134 valence electrons. The largest absolute Gasteiger partial charge is 0.493 e. The van der Waals surface area contributed by atoms with Crippen LogP contribution in [0.25, 0.3) is 0 Å². The van der Waals surface area contributed by atoms with Crippen molar-refractivity contribution in [1.82, 2.24) is 4.90 Å². The zero-order valence-electron chi connectivity index (χ0n) is 15.3. The van der Waals surface area contributed by atoms with Gasteiger partial charge in [0.2, 0.25) is 0 Å². The van der Waals surface area contributed by atoms with Crippen LogP contribution in [-0.2, 0) is 12.8 Å². The third-order valence-corrected chi connectivity index (χ3v) is 5.18. The van der Waals surface area contributed by atoms with Crippen molar-refractivity contribution in [3.63, 3.8) is 0 Å². The van der Waals surface area contributed by atoms with E-state index in [-0.39, 0.29) is 6.10 Å². The summed E-state index contributed by atoms with van der Waals surface area (Å²) in [6.07, 6.45) is 3.64. The van der Waals surface area contributed by atoms with Gasteiger partial charge in [0.05, 0.1) is 12.7 Å². The first-order valence-corrected chi connectivity index (χ1v) is 9.27. The first-order valence-electron chi connectivity index (χ1n) is 9.27. The van der Waals surface area contributed by atoms with Gasteiger partial charge in [0.1, 0.15) is 5.75 Å². The maximum atomic E-state index is 9.77. The van der Waals surface area contributed by atoms with Gasteiger partial charge in [-0.2, -0.15) is 0 Å². The van der Waals surface area contributed by atoms with Crippen molar-refractivity contribution < 1.29 is 9.84 Å². The Morgan fingerprint density at radius 2 is 1.88 bits per heavy atom. The van der Waals surface area contributed by atoms with E-state index in [1.165, 1.54) is 16.7 Å². The highest BCUT2D eigenvalue weighted by atomic mass is 16.5. The summed E-state index contributed by atoms with van der Waals surface area (Å²) < 4.78 is 6.19. The van der Waals surface area contributed by atoms with Gasteiger partial charge in [-0.25, -0.2) is 0 Å². The van der Waals surface area contributed by atoms with E-state index in [1.807, 2.05) is 0 Å². The molecule has 0 bridgehead atoms. The average Bonchev–Trinajstić information content (AvgIpc) is 2.93. The van der Waals surface area contributed by atoms with E-state index in [0.717, 1.165) is 38.0 Å². The molecule has 1 heterocycles. The molecule has 0 spiro atoms. The fraction of sp³-hybridized carbons (Fsp3) is 0.455. The van der Waals surface area contributed by atoms with Crippen molar-refractivity contribution in [2.75, 3.05) is 20.2 Å². The lowest BCUT2D eigenvalue weighted by molar-refractivity contribution is 0.182. The van der Waals surface area contributed by atoms with Gasteiger partial charge in [-0.05, 0) is 56.3 Å². The Labute approximate surface area is 151 Å². The molecule has 1 fully saturated rings. The summed E-state index contributed by atoms with van der Waals surface area (Å²) in [6, 6.07) is 17.4. The van der Waals surface area contributed by atoms with Crippen LogP contribution in [0.15, 0.2) is 48.5 Å². The molecule has 0 radical (unpaired) electrons. The Morgan fingerprint density at radius 3 is 2.60 bits per heavy atom. The smallest absolute Gasteiger partial charge is 0.125 e. The SMILES string of the molecule is Cc1cccc(CCc2ccccc2)c1OCC[C@@H]1C[C@@H](O)CN1C. The molecule has 1 saturated heterocycles. The minimum Gasteiger partial charge on any atom is -0.493 e. The molecule has 1 N–H and O–H groups in total. The van der Waals surface area contributed by atoms with Crippen LogP contribution in [0, 0.1) is 6.92 Å². The predicted molar refractivity (Wildman–Crippen MR) is 102 cm³/mol. The molecule has 1 aliphatic rings. The van der Waals surface area contributed by atoms with Gasteiger partial charge in [-0.15, -0.1) is 0 Å². The Morgan fingerprint density at radius 1 is 1.08 bits per heavy atom. The van der Waals surface area contributed by atoms with E-state index >= 15 is 0 Å². The highest BCUT2D eigenvalue weighted by Crippen LogP contribution is 2.26. The standard InChI is InChI=1S/C22H29NO2/c1-17-7-6-10-19(12-11-18-8-4-3-5-9-18)22(17)25-14-13-20-15-21(24)16-23(20)2/h3-10,20-21,24H,11-16H2,1-2H3/t20-,21-/m1/s1. The summed E-state index contributed by atoms with van der Waals surface area (Å²) in [5.41, 5.74) is 3.84. The summed E-state index contributed by atoms with van der Waals surface area (Å²) >= 11 is 0. The second-order valence-electron chi connectivity index (χ2n) is 7.17. The van der Waals surface area contributed by atoms with Crippen molar-refractivity contribution in [3.05, 3.63) is 65.2 Å². The molecule has 3 heteroatoms. The van der Waals surface area contributed by atoms with Crippen LogP contribution in [0.4, 0.5) is 0 Å². The fourth-order valence-corrected chi connectivity index (χ4v) is 3.73. The lowest BCUT2D eigenvalue weighted by atomic mass is 10.0. The Balaban J connectivity index is 1.58. The van der Waals surface area contributed by atoms with Crippen LogP contribution >= 0.6 is 0 Å². The van der Waals surface area contributed by atoms with Crippen LogP contribution in [-0.4, -0.2) is 42.4 Å². The predicted octanol–water partition coefficient (Wildman–Crippen LogP) is 3.61. The highest BCUT2D eigenvalue weighted by molar-refractivity contribution is 5.41. The third kappa shape index (κ3) is 4.83. The monoisotopic (exact) mass is 339 g/mol. The van der Waals surface area contributed by atoms with E-state index in [2.05, 4.69) is 67.4 Å². The van der Waals surface area contributed by atoms with Crippen molar-refractivity contribution in [1.29, 1.82) is 0 Å². The van der Waals surface area contributed by atoms with Gasteiger partial charge in [0.25, 0.3) is 0 Å². The quantitative estimate of drug-likeness (QED) is 0.836.